The summed E-state index contributed by atoms with van der Waals surface area (Å²) in [6.45, 7) is 8.14. The molecule has 0 amide bonds. The zero-order chi connectivity index (χ0) is 20.7. The van der Waals surface area contributed by atoms with Crippen LogP contribution in [0.15, 0.2) is 23.4 Å². The quantitative estimate of drug-likeness (QED) is 0.701. The zero-order valence-corrected chi connectivity index (χ0v) is 17.4. The largest absolute Gasteiger partial charge is 0.381 e. The Morgan fingerprint density at radius 1 is 1.17 bits per heavy atom. The number of fused-ring (bicyclic) bond motifs is 1. The maximum Gasteiger partial charge on any atom is 0.262 e. The molecule has 5 rings (SSSR count). The van der Waals surface area contributed by atoms with Crippen molar-refractivity contribution in [2.75, 3.05) is 26.3 Å². The molecule has 3 aromatic rings. The molecule has 0 radical (unpaired) electrons. The lowest BCUT2D eigenvalue weighted by Gasteiger charge is -2.23. The zero-order valence-electron chi connectivity index (χ0n) is 17.4. The summed E-state index contributed by atoms with van der Waals surface area (Å²) in [4.78, 5) is 31.7. The van der Waals surface area contributed by atoms with Crippen molar-refractivity contribution in [2.24, 2.45) is 5.92 Å². The van der Waals surface area contributed by atoms with Gasteiger partial charge in [-0.2, -0.15) is 5.10 Å². The monoisotopic (exact) mass is 409 g/mol. The van der Waals surface area contributed by atoms with Gasteiger partial charge >= 0.3 is 0 Å². The van der Waals surface area contributed by atoms with E-state index in [9.17, 15) is 4.79 Å². The highest BCUT2D eigenvalue weighted by molar-refractivity contribution is 5.73. The molecule has 0 aliphatic carbocycles. The van der Waals surface area contributed by atoms with E-state index >= 15 is 0 Å². The minimum Gasteiger partial charge on any atom is -0.381 e. The van der Waals surface area contributed by atoms with Crippen molar-refractivity contribution in [3.05, 3.63) is 46.2 Å². The van der Waals surface area contributed by atoms with Gasteiger partial charge in [0.15, 0.2) is 5.65 Å². The van der Waals surface area contributed by atoms with Crippen molar-refractivity contribution in [3.63, 3.8) is 0 Å². The van der Waals surface area contributed by atoms with E-state index in [1.54, 1.807) is 6.20 Å². The van der Waals surface area contributed by atoms with Crippen LogP contribution in [-0.4, -0.2) is 60.9 Å². The SMILES string of the molecule is Cc1ncc(CN2C[C@@H](C)[C@H](c3nc4c(cnn4C4CCOCC4)c(=O)[nH]3)C2)cn1. The fourth-order valence-electron chi connectivity index (χ4n) is 4.64. The van der Waals surface area contributed by atoms with Crippen molar-refractivity contribution < 1.29 is 4.74 Å². The Kier molecular flexibility index (Phi) is 5.08. The Hall–Kier alpha value is -2.65. The number of hydrogen-bond acceptors (Lipinski definition) is 7. The molecule has 2 saturated heterocycles. The highest BCUT2D eigenvalue weighted by atomic mass is 16.5. The average molecular weight is 409 g/mol. The number of rotatable bonds is 4. The lowest BCUT2D eigenvalue weighted by Crippen LogP contribution is -2.23. The van der Waals surface area contributed by atoms with E-state index in [1.165, 1.54) is 0 Å². The van der Waals surface area contributed by atoms with Gasteiger partial charge in [-0.05, 0) is 25.7 Å². The van der Waals surface area contributed by atoms with Gasteiger partial charge in [-0.3, -0.25) is 9.69 Å². The highest BCUT2D eigenvalue weighted by Crippen LogP contribution is 2.32. The molecular weight excluding hydrogens is 382 g/mol. The molecule has 0 aromatic carbocycles. The number of aromatic nitrogens is 6. The number of nitrogens with one attached hydrogen (secondary N) is 1. The number of ether oxygens (including phenoxy) is 1. The molecular formula is C21H27N7O2. The summed E-state index contributed by atoms with van der Waals surface area (Å²) in [6, 6.07) is 0.234. The minimum atomic E-state index is -0.106. The number of nitrogens with zero attached hydrogens (tertiary/aromatic N) is 6. The molecule has 2 atom stereocenters. The number of likely N-dealkylation sites (tertiary alicyclic amines) is 1. The Morgan fingerprint density at radius 2 is 1.93 bits per heavy atom. The van der Waals surface area contributed by atoms with Crippen LogP contribution in [0.4, 0.5) is 0 Å². The first kappa shape index (κ1) is 19.3. The fraction of sp³-hybridized carbons (Fsp3) is 0.571. The second-order valence-corrected chi connectivity index (χ2v) is 8.54. The first-order valence-corrected chi connectivity index (χ1v) is 10.6. The van der Waals surface area contributed by atoms with Crippen LogP contribution in [0, 0.1) is 12.8 Å². The van der Waals surface area contributed by atoms with Crippen LogP contribution in [0.2, 0.25) is 0 Å². The Morgan fingerprint density at radius 3 is 2.70 bits per heavy atom. The van der Waals surface area contributed by atoms with Gasteiger partial charge in [0.1, 0.15) is 17.0 Å². The van der Waals surface area contributed by atoms with Gasteiger partial charge in [-0.1, -0.05) is 6.92 Å². The Bertz CT molecular complexity index is 1080. The summed E-state index contributed by atoms with van der Waals surface area (Å²) < 4.78 is 7.40. The maximum absolute atomic E-state index is 12.8. The first-order valence-electron chi connectivity index (χ1n) is 10.6. The summed E-state index contributed by atoms with van der Waals surface area (Å²) in [5, 5.41) is 5.06. The van der Waals surface area contributed by atoms with Gasteiger partial charge in [0, 0.05) is 56.7 Å². The molecule has 9 heteroatoms. The summed E-state index contributed by atoms with van der Waals surface area (Å²) >= 11 is 0. The molecule has 2 aliphatic rings. The van der Waals surface area contributed by atoms with Gasteiger partial charge in [0.05, 0.1) is 12.2 Å². The summed E-state index contributed by atoms with van der Waals surface area (Å²) in [7, 11) is 0. The molecule has 0 bridgehead atoms. The molecule has 1 N–H and O–H groups in total. The van der Waals surface area contributed by atoms with Crippen LogP contribution in [0.25, 0.3) is 11.0 Å². The smallest absolute Gasteiger partial charge is 0.262 e. The van der Waals surface area contributed by atoms with E-state index in [1.807, 2.05) is 24.0 Å². The van der Waals surface area contributed by atoms with Gasteiger partial charge in [-0.25, -0.2) is 19.6 Å². The highest BCUT2D eigenvalue weighted by Gasteiger charge is 2.33. The molecule has 5 heterocycles. The third kappa shape index (κ3) is 3.63. The lowest BCUT2D eigenvalue weighted by molar-refractivity contribution is 0.0673. The fourth-order valence-corrected chi connectivity index (χ4v) is 4.64. The van der Waals surface area contributed by atoms with Crippen LogP contribution < -0.4 is 5.56 Å². The van der Waals surface area contributed by atoms with Crippen LogP contribution in [0.3, 0.4) is 0 Å². The standard InChI is InChI=1S/C21H27N7O2/c1-13-10-27(11-15-7-22-14(2)23-8-15)12-18(13)19-25-20-17(21(29)26-19)9-24-28(20)16-3-5-30-6-4-16/h7-9,13,16,18H,3-6,10-12H2,1-2H3,(H,25,26,29)/t13-,18-/m1/s1. The van der Waals surface area contributed by atoms with E-state index in [0.29, 0.717) is 17.0 Å². The number of hydrogen-bond donors (Lipinski definition) is 1. The number of aromatic amines is 1. The molecule has 158 valence electrons. The number of H-pyrrole nitrogens is 1. The molecule has 3 aromatic heterocycles. The van der Waals surface area contributed by atoms with E-state index in [2.05, 4.69) is 31.9 Å². The molecule has 2 fully saturated rings. The van der Waals surface area contributed by atoms with Crippen LogP contribution in [-0.2, 0) is 11.3 Å². The molecule has 0 spiro atoms. The average Bonchev–Trinajstić information content (AvgIpc) is 3.34. The molecule has 9 nitrogen and oxygen atoms in total. The van der Waals surface area contributed by atoms with Gasteiger partial charge in [-0.15, -0.1) is 0 Å². The van der Waals surface area contributed by atoms with E-state index in [4.69, 9.17) is 9.72 Å². The molecule has 0 unspecified atom stereocenters. The Balaban J connectivity index is 1.41. The van der Waals surface area contributed by atoms with Crippen molar-refractivity contribution in [1.82, 2.24) is 34.6 Å². The van der Waals surface area contributed by atoms with E-state index in [0.717, 1.165) is 62.9 Å². The van der Waals surface area contributed by atoms with Crippen LogP contribution in [0.1, 0.15) is 48.9 Å². The summed E-state index contributed by atoms with van der Waals surface area (Å²) in [5.41, 5.74) is 1.69. The van der Waals surface area contributed by atoms with E-state index < -0.39 is 0 Å². The van der Waals surface area contributed by atoms with Crippen LogP contribution in [0.5, 0.6) is 0 Å². The third-order valence-corrected chi connectivity index (χ3v) is 6.30. The summed E-state index contributed by atoms with van der Waals surface area (Å²) in [6.07, 6.45) is 7.21. The van der Waals surface area contributed by atoms with Gasteiger partial charge in [0.25, 0.3) is 5.56 Å². The third-order valence-electron chi connectivity index (χ3n) is 6.30. The minimum absolute atomic E-state index is 0.106. The normalized spacial score (nSPS) is 23.4. The van der Waals surface area contributed by atoms with E-state index in [-0.39, 0.29) is 17.5 Å². The predicted molar refractivity (Wildman–Crippen MR) is 111 cm³/mol. The van der Waals surface area contributed by atoms with Crippen molar-refractivity contribution in [2.45, 2.75) is 45.2 Å². The van der Waals surface area contributed by atoms with Crippen molar-refractivity contribution in [3.8, 4) is 0 Å². The Labute approximate surface area is 174 Å². The molecule has 0 saturated carbocycles. The van der Waals surface area contributed by atoms with Crippen LogP contribution >= 0.6 is 0 Å². The second kappa shape index (κ2) is 7.88. The number of aryl methyl sites for hydroxylation is 1. The maximum atomic E-state index is 12.8. The molecule has 2 aliphatic heterocycles. The predicted octanol–water partition coefficient (Wildman–Crippen LogP) is 1.81. The summed E-state index contributed by atoms with van der Waals surface area (Å²) in [5.74, 6) is 2.10. The van der Waals surface area contributed by atoms with Gasteiger partial charge < -0.3 is 9.72 Å². The van der Waals surface area contributed by atoms with Crippen molar-refractivity contribution in [1.29, 1.82) is 0 Å². The first-order chi connectivity index (χ1) is 14.6. The topological polar surface area (TPSA) is 102 Å². The van der Waals surface area contributed by atoms with Crippen molar-refractivity contribution >= 4 is 11.0 Å². The molecule has 30 heavy (non-hydrogen) atoms. The second-order valence-electron chi connectivity index (χ2n) is 8.54. The van der Waals surface area contributed by atoms with Gasteiger partial charge in [0.2, 0.25) is 0 Å². The lowest BCUT2D eigenvalue weighted by atomic mass is 9.97.